The molecule has 0 saturated heterocycles. The van der Waals surface area contributed by atoms with Gasteiger partial charge in [-0.2, -0.15) is 0 Å². The van der Waals surface area contributed by atoms with Gasteiger partial charge in [-0.3, -0.25) is 4.79 Å². The molecule has 0 unspecified atom stereocenters. The highest BCUT2D eigenvalue weighted by Crippen LogP contribution is 2.43. The van der Waals surface area contributed by atoms with Crippen molar-refractivity contribution >= 4 is 33.2 Å². The molecule has 7 heteroatoms. The van der Waals surface area contributed by atoms with Crippen LogP contribution in [-0.2, 0) is 4.74 Å². The van der Waals surface area contributed by atoms with Crippen LogP contribution in [0.1, 0.15) is 53.8 Å². The molecule has 0 amide bonds. The Bertz CT molecular complexity index is 1140. The van der Waals surface area contributed by atoms with Gasteiger partial charge in [0, 0.05) is 21.4 Å². The third-order valence-electron chi connectivity index (χ3n) is 5.78. The van der Waals surface area contributed by atoms with Crippen molar-refractivity contribution in [1.82, 2.24) is 0 Å². The van der Waals surface area contributed by atoms with Gasteiger partial charge in [0.1, 0.15) is 5.75 Å². The number of benzene rings is 2. The summed E-state index contributed by atoms with van der Waals surface area (Å²) in [7, 11) is 4.41. The largest absolute Gasteiger partial charge is 0.506 e. The van der Waals surface area contributed by atoms with E-state index in [-0.39, 0.29) is 35.0 Å². The number of ketones is 1. The van der Waals surface area contributed by atoms with Crippen LogP contribution in [0.25, 0.3) is 20.5 Å². The number of carbonyl (C=O) groups is 2. The number of aromatic hydroxyl groups is 1. The summed E-state index contributed by atoms with van der Waals surface area (Å²) in [5, 5.41) is 11.6. The molecule has 1 aromatic heterocycles. The normalized spacial score (nSPS) is 11.1. The van der Waals surface area contributed by atoms with Gasteiger partial charge in [-0.1, -0.05) is 26.7 Å². The van der Waals surface area contributed by atoms with Gasteiger partial charge in [0.2, 0.25) is 0 Å². The molecule has 0 aliphatic carbocycles. The number of fused-ring (bicyclic) bond motifs is 1. The van der Waals surface area contributed by atoms with Crippen LogP contribution in [0, 0.1) is 5.92 Å². The number of hydrogen-bond donors (Lipinski definition) is 1. The van der Waals surface area contributed by atoms with Gasteiger partial charge in [-0.15, -0.1) is 11.3 Å². The van der Waals surface area contributed by atoms with E-state index in [4.69, 9.17) is 14.2 Å². The van der Waals surface area contributed by atoms with Crippen LogP contribution in [0.4, 0.5) is 0 Å². The van der Waals surface area contributed by atoms with Crippen LogP contribution in [0.2, 0.25) is 0 Å². The van der Waals surface area contributed by atoms with Crippen molar-refractivity contribution < 1.29 is 28.9 Å². The third-order valence-corrected chi connectivity index (χ3v) is 6.91. The van der Waals surface area contributed by atoms with E-state index in [0.29, 0.717) is 21.6 Å². The molecule has 1 N–H and O–H groups in total. The second kappa shape index (κ2) is 10.0. The highest BCUT2D eigenvalue weighted by atomic mass is 32.1. The summed E-state index contributed by atoms with van der Waals surface area (Å²) in [5.41, 5.74) is 0.995. The zero-order valence-electron chi connectivity index (χ0n) is 19.0. The van der Waals surface area contributed by atoms with Crippen molar-refractivity contribution in [2.75, 3.05) is 21.3 Å². The van der Waals surface area contributed by atoms with E-state index in [2.05, 4.69) is 0 Å². The summed E-state index contributed by atoms with van der Waals surface area (Å²) >= 11 is 1.41. The lowest BCUT2D eigenvalue weighted by Gasteiger charge is -2.14. The Morgan fingerprint density at radius 3 is 2.28 bits per heavy atom. The first-order valence-corrected chi connectivity index (χ1v) is 11.3. The van der Waals surface area contributed by atoms with E-state index in [1.807, 2.05) is 38.1 Å². The highest BCUT2D eigenvalue weighted by molar-refractivity contribution is 7.22. The molecule has 2 aromatic carbocycles. The zero-order valence-corrected chi connectivity index (χ0v) is 19.8. The molecule has 3 rings (SSSR count). The van der Waals surface area contributed by atoms with Crippen LogP contribution < -0.4 is 9.47 Å². The van der Waals surface area contributed by atoms with Crippen LogP contribution in [0.15, 0.2) is 30.3 Å². The smallest absolute Gasteiger partial charge is 0.338 e. The second-order valence-corrected chi connectivity index (χ2v) is 8.63. The second-order valence-electron chi connectivity index (χ2n) is 7.54. The maximum Gasteiger partial charge on any atom is 0.338 e. The molecule has 170 valence electrons. The number of methoxy groups -OCH3 is 3. The average molecular weight is 457 g/mol. The highest BCUT2D eigenvalue weighted by Gasteiger charge is 2.26. The monoisotopic (exact) mass is 456 g/mol. The molecule has 0 aliphatic rings. The lowest BCUT2D eigenvalue weighted by molar-refractivity contribution is 0.0596. The standard InChI is InChI=1S/C25H28O6S/c1-6-14(7-2)10-18(26)23-17(25(28)31-5)13-22-16(24(23)27)12-21(32-22)15-8-9-19(29-3)20(11-15)30-4/h8-9,11-14,27H,6-7,10H2,1-5H3. The number of thiophene rings is 1. The van der Waals surface area contributed by atoms with Gasteiger partial charge in [0.15, 0.2) is 17.3 Å². The summed E-state index contributed by atoms with van der Waals surface area (Å²) in [4.78, 5) is 26.5. The van der Waals surface area contributed by atoms with Crippen molar-refractivity contribution in [3.63, 3.8) is 0 Å². The Morgan fingerprint density at radius 1 is 1.00 bits per heavy atom. The topological polar surface area (TPSA) is 82.1 Å². The van der Waals surface area contributed by atoms with Crippen molar-refractivity contribution in [2.24, 2.45) is 5.92 Å². The maximum atomic E-state index is 13.1. The number of carbonyl (C=O) groups excluding carboxylic acids is 2. The Labute approximate surface area is 191 Å². The molecule has 32 heavy (non-hydrogen) atoms. The summed E-state index contributed by atoms with van der Waals surface area (Å²) < 4.78 is 16.3. The minimum Gasteiger partial charge on any atom is -0.506 e. The Balaban J connectivity index is 2.16. The van der Waals surface area contributed by atoms with Gasteiger partial charge in [0.05, 0.1) is 32.5 Å². The molecular weight excluding hydrogens is 428 g/mol. The van der Waals surface area contributed by atoms with Gasteiger partial charge in [-0.05, 0) is 41.8 Å². The SMILES string of the molecule is CCC(CC)CC(=O)c1c(C(=O)OC)cc2sc(-c3ccc(OC)c(OC)c3)cc2c1O. The average Bonchev–Trinajstić information content (AvgIpc) is 3.25. The fraction of sp³-hybridized carbons (Fsp3) is 0.360. The first-order chi connectivity index (χ1) is 15.4. The van der Waals surface area contributed by atoms with E-state index in [9.17, 15) is 14.7 Å². The van der Waals surface area contributed by atoms with Gasteiger partial charge < -0.3 is 19.3 Å². The van der Waals surface area contributed by atoms with Gasteiger partial charge in [0.25, 0.3) is 0 Å². The summed E-state index contributed by atoms with van der Waals surface area (Å²) in [6, 6.07) is 9.01. The van der Waals surface area contributed by atoms with E-state index in [1.165, 1.54) is 18.4 Å². The first kappa shape index (κ1) is 23.6. The molecule has 0 radical (unpaired) electrons. The van der Waals surface area contributed by atoms with E-state index in [1.54, 1.807) is 20.3 Å². The lowest BCUT2D eigenvalue weighted by Crippen LogP contribution is -2.14. The van der Waals surface area contributed by atoms with Gasteiger partial charge in [-0.25, -0.2) is 4.79 Å². The van der Waals surface area contributed by atoms with Crippen LogP contribution in [-0.4, -0.2) is 38.2 Å². The van der Waals surface area contributed by atoms with E-state index >= 15 is 0 Å². The molecule has 0 aliphatic heterocycles. The first-order valence-electron chi connectivity index (χ1n) is 10.5. The molecule has 0 saturated carbocycles. The Hall–Kier alpha value is -3.06. The molecule has 0 atom stereocenters. The molecule has 0 spiro atoms. The summed E-state index contributed by atoms with van der Waals surface area (Å²) in [5.74, 6) is 0.314. The number of Topliss-reactive ketones (excluding diaryl/α,β-unsaturated/α-hetero) is 1. The predicted octanol–water partition coefficient (Wildman–Crippen LogP) is 6.09. The van der Waals surface area contributed by atoms with E-state index in [0.717, 1.165) is 23.3 Å². The van der Waals surface area contributed by atoms with Crippen LogP contribution in [0.5, 0.6) is 17.2 Å². The van der Waals surface area contributed by atoms with Crippen LogP contribution in [0.3, 0.4) is 0 Å². The molecule has 1 heterocycles. The minimum absolute atomic E-state index is 0.0351. The lowest BCUT2D eigenvalue weighted by atomic mass is 9.90. The minimum atomic E-state index is -0.642. The molecular formula is C25H28O6S. The van der Waals surface area contributed by atoms with Crippen molar-refractivity contribution in [3.05, 3.63) is 41.5 Å². The van der Waals surface area contributed by atoms with Gasteiger partial charge >= 0.3 is 5.97 Å². The Kier molecular flexibility index (Phi) is 7.40. The molecule has 6 nitrogen and oxygen atoms in total. The third kappa shape index (κ3) is 4.43. The number of phenols is 1. The van der Waals surface area contributed by atoms with Crippen LogP contribution >= 0.6 is 11.3 Å². The molecule has 0 fully saturated rings. The van der Waals surface area contributed by atoms with Crippen molar-refractivity contribution in [1.29, 1.82) is 0 Å². The molecule has 3 aromatic rings. The summed E-state index contributed by atoms with van der Waals surface area (Å²) in [6.45, 7) is 4.06. The zero-order chi connectivity index (χ0) is 23.4. The quantitative estimate of drug-likeness (QED) is 0.310. The maximum absolute atomic E-state index is 13.1. The fourth-order valence-corrected chi connectivity index (χ4v) is 4.89. The number of hydrogen-bond acceptors (Lipinski definition) is 7. The summed E-state index contributed by atoms with van der Waals surface area (Å²) in [6.07, 6.45) is 1.96. The van der Waals surface area contributed by atoms with E-state index < -0.39 is 5.97 Å². The number of rotatable bonds is 9. The van der Waals surface area contributed by atoms with Crippen molar-refractivity contribution in [2.45, 2.75) is 33.1 Å². The fourth-order valence-electron chi connectivity index (χ4n) is 3.79. The molecule has 0 bridgehead atoms. The predicted molar refractivity (Wildman–Crippen MR) is 126 cm³/mol. The number of phenolic OH excluding ortho intramolecular Hbond substituents is 1. The van der Waals surface area contributed by atoms with Crippen molar-refractivity contribution in [3.8, 4) is 27.7 Å². The Morgan fingerprint density at radius 2 is 1.69 bits per heavy atom. The number of esters is 1. The number of ether oxygens (including phenoxy) is 3.